The smallest absolute Gasteiger partial charge is 0.313 e. The number of hydrogen-bond acceptors (Lipinski definition) is 5. The highest BCUT2D eigenvalue weighted by Gasteiger charge is 2.29. The van der Waals surface area contributed by atoms with E-state index in [0.29, 0.717) is 17.9 Å². The molecular weight excluding hydrogens is 360 g/mol. The van der Waals surface area contributed by atoms with Gasteiger partial charge in [-0.25, -0.2) is 4.39 Å². The van der Waals surface area contributed by atoms with Crippen molar-refractivity contribution < 1.29 is 14.4 Å². The lowest BCUT2D eigenvalue weighted by Crippen LogP contribution is -2.45. The van der Waals surface area contributed by atoms with E-state index in [1.54, 1.807) is 0 Å². The second-order valence-corrected chi connectivity index (χ2v) is 6.05. The van der Waals surface area contributed by atoms with Gasteiger partial charge in [-0.05, 0) is 18.4 Å². The summed E-state index contributed by atoms with van der Waals surface area (Å²) >= 11 is 0. The van der Waals surface area contributed by atoms with Crippen LogP contribution in [0.15, 0.2) is 12.1 Å². The van der Waals surface area contributed by atoms with Gasteiger partial charge in [-0.3, -0.25) is 15.0 Å². The third kappa shape index (κ3) is 5.44. The molecule has 2 N–H and O–H groups in total. The molecule has 0 unspecified atom stereocenters. The van der Waals surface area contributed by atoms with Gasteiger partial charge in [-0.15, -0.1) is 24.8 Å². The fourth-order valence-corrected chi connectivity index (χ4v) is 2.91. The molecule has 24 heavy (non-hydrogen) atoms. The summed E-state index contributed by atoms with van der Waals surface area (Å²) in [6, 6.07) is 1.76. The molecule has 0 radical (unpaired) electrons. The number of nitrogens with zero attached hydrogens (tertiary/aromatic N) is 2. The number of phenols is 1. The number of aromatic hydroxyl groups is 1. The molecule has 0 spiro atoms. The Kier molecular flexibility index (Phi) is 9.50. The molecule has 9 heteroatoms. The van der Waals surface area contributed by atoms with E-state index in [-0.39, 0.29) is 30.9 Å². The van der Waals surface area contributed by atoms with Crippen molar-refractivity contribution in [2.24, 2.45) is 5.92 Å². The largest absolute Gasteiger partial charge is 0.502 e. The Morgan fingerprint density at radius 3 is 2.42 bits per heavy atom. The summed E-state index contributed by atoms with van der Waals surface area (Å²) < 4.78 is 13.8. The summed E-state index contributed by atoms with van der Waals surface area (Å²) in [5.74, 6) is -0.791. The molecule has 1 saturated heterocycles. The first-order valence-electron chi connectivity index (χ1n) is 7.51. The summed E-state index contributed by atoms with van der Waals surface area (Å²) in [6.07, 6.45) is 0.703. The lowest BCUT2D eigenvalue weighted by Gasteiger charge is -2.36. The standard InChI is InChI=1S/C15H22FN3O3.2ClH/c1-10(2)7-13(18-5-3-17-4-6-18)12-8-11(16)9-14(15(12)20)19(21)22;;/h8-10,13,17,20H,3-7H2,1-2H3;2*1H/t13-;;/m0../s1. The molecule has 1 heterocycles. The minimum Gasteiger partial charge on any atom is -0.502 e. The monoisotopic (exact) mass is 383 g/mol. The number of phenolic OH excluding ortho intramolecular Hbond substituents is 1. The van der Waals surface area contributed by atoms with Gasteiger partial charge in [-0.2, -0.15) is 0 Å². The van der Waals surface area contributed by atoms with Gasteiger partial charge in [0.1, 0.15) is 5.82 Å². The molecule has 0 bridgehead atoms. The fraction of sp³-hybridized carbons (Fsp3) is 0.600. The van der Waals surface area contributed by atoms with E-state index in [0.717, 1.165) is 32.2 Å². The normalized spacial score (nSPS) is 16.2. The quantitative estimate of drug-likeness (QED) is 0.602. The molecule has 1 aromatic carbocycles. The number of rotatable bonds is 5. The van der Waals surface area contributed by atoms with Crippen LogP contribution in [0.2, 0.25) is 0 Å². The summed E-state index contributed by atoms with van der Waals surface area (Å²) in [7, 11) is 0. The van der Waals surface area contributed by atoms with Crippen molar-refractivity contribution in [3.05, 3.63) is 33.6 Å². The van der Waals surface area contributed by atoms with Gasteiger partial charge in [0, 0.05) is 37.8 Å². The molecular formula is C15H24Cl2FN3O3. The van der Waals surface area contributed by atoms with E-state index in [9.17, 15) is 19.6 Å². The van der Waals surface area contributed by atoms with E-state index in [1.165, 1.54) is 6.07 Å². The predicted molar refractivity (Wildman–Crippen MR) is 95.9 cm³/mol. The molecule has 0 amide bonds. The van der Waals surface area contributed by atoms with Gasteiger partial charge in [0.2, 0.25) is 0 Å². The van der Waals surface area contributed by atoms with Crippen LogP contribution < -0.4 is 5.32 Å². The van der Waals surface area contributed by atoms with Gasteiger partial charge < -0.3 is 10.4 Å². The van der Waals surface area contributed by atoms with Crippen LogP contribution in [-0.4, -0.2) is 41.1 Å². The lowest BCUT2D eigenvalue weighted by molar-refractivity contribution is -0.386. The molecule has 6 nitrogen and oxygen atoms in total. The van der Waals surface area contributed by atoms with Crippen molar-refractivity contribution in [3.8, 4) is 5.75 Å². The Hall–Kier alpha value is -1.15. The van der Waals surface area contributed by atoms with E-state index in [4.69, 9.17) is 0 Å². The summed E-state index contributed by atoms with van der Waals surface area (Å²) in [5, 5.41) is 24.5. The van der Waals surface area contributed by atoms with Crippen LogP contribution in [0.25, 0.3) is 0 Å². The van der Waals surface area contributed by atoms with Gasteiger partial charge >= 0.3 is 5.69 Å². The van der Waals surface area contributed by atoms with Crippen LogP contribution in [-0.2, 0) is 0 Å². The van der Waals surface area contributed by atoms with E-state index in [1.807, 2.05) is 13.8 Å². The van der Waals surface area contributed by atoms with Crippen LogP contribution in [0.5, 0.6) is 5.75 Å². The Labute approximate surface area is 153 Å². The van der Waals surface area contributed by atoms with Crippen LogP contribution >= 0.6 is 24.8 Å². The highest BCUT2D eigenvalue weighted by Crippen LogP contribution is 2.39. The maximum Gasteiger partial charge on any atom is 0.313 e. The zero-order chi connectivity index (χ0) is 16.3. The van der Waals surface area contributed by atoms with E-state index < -0.39 is 22.2 Å². The molecule has 1 aliphatic heterocycles. The first-order chi connectivity index (χ1) is 10.4. The Morgan fingerprint density at radius 1 is 1.33 bits per heavy atom. The number of benzene rings is 1. The number of piperazine rings is 1. The predicted octanol–water partition coefficient (Wildman–Crippen LogP) is 3.28. The van der Waals surface area contributed by atoms with Crippen LogP contribution in [0.3, 0.4) is 0 Å². The van der Waals surface area contributed by atoms with Gasteiger partial charge in [0.15, 0.2) is 5.75 Å². The number of nitrogens with one attached hydrogen (secondary N) is 1. The van der Waals surface area contributed by atoms with Gasteiger partial charge in [0.05, 0.1) is 11.0 Å². The van der Waals surface area contributed by atoms with Crippen molar-refractivity contribution >= 4 is 30.5 Å². The molecule has 0 aliphatic carbocycles. The minimum atomic E-state index is -0.744. The van der Waals surface area contributed by atoms with Crippen molar-refractivity contribution in [1.82, 2.24) is 10.2 Å². The molecule has 1 aliphatic rings. The van der Waals surface area contributed by atoms with Gasteiger partial charge in [0.25, 0.3) is 0 Å². The maximum absolute atomic E-state index is 13.8. The molecule has 138 valence electrons. The van der Waals surface area contributed by atoms with Crippen molar-refractivity contribution in [2.75, 3.05) is 26.2 Å². The zero-order valence-electron chi connectivity index (χ0n) is 13.7. The second-order valence-electron chi connectivity index (χ2n) is 6.05. The Balaban J connectivity index is 0.00000264. The van der Waals surface area contributed by atoms with Crippen molar-refractivity contribution in [1.29, 1.82) is 0 Å². The topological polar surface area (TPSA) is 78.6 Å². The summed E-state index contributed by atoms with van der Waals surface area (Å²) in [6.45, 7) is 7.24. The number of nitro groups is 1. The Morgan fingerprint density at radius 2 is 1.92 bits per heavy atom. The molecule has 1 atom stereocenters. The first kappa shape index (κ1) is 22.9. The van der Waals surface area contributed by atoms with E-state index in [2.05, 4.69) is 10.2 Å². The third-order valence-corrected chi connectivity index (χ3v) is 3.93. The average molecular weight is 384 g/mol. The fourth-order valence-electron chi connectivity index (χ4n) is 2.91. The highest BCUT2D eigenvalue weighted by atomic mass is 35.5. The Bertz CT molecular complexity index is 555. The maximum atomic E-state index is 13.8. The molecule has 0 saturated carbocycles. The van der Waals surface area contributed by atoms with Crippen molar-refractivity contribution in [2.45, 2.75) is 26.3 Å². The lowest BCUT2D eigenvalue weighted by atomic mass is 9.93. The van der Waals surface area contributed by atoms with E-state index >= 15 is 0 Å². The molecule has 0 aromatic heterocycles. The average Bonchev–Trinajstić information content (AvgIpc) is 2.47. The number of halogens is 3. The summed E-state index contributed by atoms with van der Waals surface area (Å²) in [4.78, 5) is 12.4. The van der Waals surface area contributed by atoms with Crippen LogP contribution in [0, 0.1) is 21.8 Å². The summed E-state index contributed by atoms with van der Waals surface area (Å²) in [5.41, 5.74) is -0.263. The second kappa shape index (κ2) is 9.98. The van der Waals surface area contributed by atoms with Crippen LogP contribution in [0.4, 0.5) is 10.1 Å². The highest BCUT2D eigenvalue weighted by molar-refractivity contribution is 5.85. The minimum absolute atomic E-state index is 0. The molecule has 2 rings (SSSR count). The number of hydrogen-bond donors (Lipinski definition) is 2. The SMILES string of the molecule is CC(C)C[C@@H](c1cc(F)cc([N+](=O)[O-])c1O)N1CCNCC1.Cl.Cl. The zero-order valence-corrected chi connectivity index (χ0v) is 15.3. The third-order valence-electron chi connectivity index (χ3n) is 3.93. The van der Waals surface area contributed by atoms with Crippen LogP contribution in [0.1, 0.15) is 31.9 Å². The molecule has 1 aromatic rings. The molecule has 1 fully saturated rings. The first-order valence-corrected chi connectivity index (χ1v) is 7.51. The number of nitro benzene ring substituents is 1. The van der Waals surface area contributed by atoms with Crippen molar-refractivity contribution in [3.63, 3.8) is 0 Å². The van der Waals surface area contributed by atoms with Gasteiger partial charge in [-0.1, -0.05) is 13.8 Å².